The highest BCUT2D eigenvalue weighted by atomic mass is 35.5. The third-order valence-corrected chi connectivity index (χ3v) is 3.33. The fraction of sp³-hybridized carbons (Fsp3) is 0.133. The van der Waals surface area contributed by atoms with Crippen molar-refractivity contribution in [2.75, 3.05) is 0 Å². The van der Waals surface area contributed by atoms with Crippen LogP contribution in [0.25, 0.3) is 0 Å². The minimum atomic E-state index is -4.87. The molecule has 0 aromatic heterocycles. The van der Waals surface area contributed by atoms with E-state index in [2.05, 4.69) is 0 Å². The van der Waals surface area contributed by atoms with Gasteiger partial charge in [-0.3, -0.25) is 4.79 Å². The molecule has 0 spiro atoms. The number of hydrogen-bond acceptors (Lipinski definition) is 1. The van der Waals surface area contributed by atoms with Crippen molar-refractivity contribution in [2.45, 2.75) is 11.6 Å². The first kappa shape index (κ1) is 15.5. The average Bonchev–Trinajstić information content (AvgIpc) is 2.46. The lowest BCUT2D eigenvalue weighted by Gasteiger charge is -2.12. The van der Waals surface area contributed by atoms with E-state index in [0.29, 0.717) is 17.7 Å². The third kappa shape index (κ3) is 3.42. The third-order valence-electron chi connectivity index (χ3n) is 2.88. The van der Waals surface area contributed by atoms with Crippen molar-refractivity contribution in [1.82, 2.24) is 0 Å². The number of alkyl halides is 4. The Morgan fingerprint density at radius 1 is 1.05 bits per heavy atom. The minimum absolute atomic E-state index is 0.285. The number of benzene rings is 2. The lowest BCUT2D eigenvalue weighted by atomic mass is 10.0. The molecule has 0 saturated carbocycles. The molecule has 1 nitrogen and oxygen atoms in total. The molecule has 0 heterocycles. The van der Waals surface area contributed by atoms with Crippen LogP contribution >= 0.6 is 11.6 Å². The van der Waals surface area contributed by atoms with Crippen LogP contribution in [0.5, 0.6) is 0 Å². The maximum absolute atomic E-state index is 13.2. The van der Waals surface area contributed by atoms with Crippen molar-refractivity contribution in [3.05, 3.63) is 71.0 Å². The van der Waals surface area contributed by atoms with Crippen LogP contribution in [0.15, 0.2) is 48.5 Å². The van der Waals surface area contributed by atoms with Gasteiger partial charge in [-0.1, -0.05) is 30.3 Å². The molecule has 1 atom stereocenters. The van der Waals surface area contributed by atoms with Crippen LogP contribution in [0.2, 0.25) is 0 Å². The summed E-state index contributed by atoms with van der Waals surface area (Å²) in [6.07, 6.45) is -4.87. The van der Waals surface area contributed by atoms with E-state index in [-0.39, 0.29) is 5.56 Å². The highest BCUT2D eigenvalue weighted by molar-refractivity contribution is 6.33. The van der Waals surface area contributed by atoms with Crippen molar-refractivity contribution in [3.8, 4) is 0 Å². The Bertz CT molecular complexity index is 652. The fourth-order valence-electron chi connectivity index (χ4n) is 1.82. The zero-order valence-corrected chi connectivity index (χ0v) is 11.3. The number of rotatable bonds is 3. The van der Waals surface area contributed by atoms with Crippen LogP contribution in [0.4, 0.5) is 17.6 Å². The largest absolute Gasteiger partial charge is 0.419 e. The van der Waals surface area contributed by atoms with Crippen molar-refractivity contribution in [1.29, 1.82) is 0 Å². The molecule has 0 aliphatic carbocycles. The summed E-state index contributed by atoms with van der Waals surface area (Å²) in [5.41, 5.74) is -1.31. The lowest BCUT2D eigenvalue weighted by Crippen LogP contribution is -2.12. The van der Waals surface area contributed by atoms with E-state index in [9.17, 15) is 22.4 Å². The fourth-order valence-corrected chi connectivity index (χ4v) is 2.09. The van der Waals surface area contributed by atoms with Gasteiger partial charge in [0.25, 0.3) is 0 Å². The van der Waals surface area contributed by atoms with Crippen LogP contribution in [0.3, 0.4) is 0 Å². The summed E-state index contributed by atoms with van der Waals surface area (Å²) in [5.74, 6) is -2.14. The topological polar surface area (TPSA) is 17.1 Å². The molecular formula is C15H9ClF4O. The summed E-state index contributed by atoms with van der Waals surface area (Å²) in [7, 11) is 0. The Balaban J connectivity index is 2.36. The molecule has 0 aliphatic heterocycles. The van der Waals surface area contributed by atoms with Crippen LogP contribution < -0.4 is 0 Å². The van der Waals surface area contributed by atoms with Crippen LogP contribution in [-0.2, 0) is 6.18 Å². The van der Waals surface area contributed by atoms with E-state index in [0.717, 1.165) is 6.07 Å². The van der Waals surface area contributed by atoms with E-state index in [4.69, 9.17) is 11.6 Å². The second kappa shape index (κ2) is 5.85. The monoisotopic (exact) mass is 316 g/mol. The second-order valence-corrected chi connectivity index (χ2v) is 4.77. The van der Waals surface area contributed by atoms with Gasteiger partial charge in [-0.05, 0) is 23.8 Å². The maximum Gasteiger partial charge on any atom is 0.419 e. The molecule has 0 bridgehead atoms. The number of Topliss-reactive ketones (excluding diaryl/α,β-unsaturated/α-hetero) is 1. The van der Waals surface area contributed by atoms with Crippen LogP contribution in [-0.4, -0.2) is 5.78 Å². The van der Waals surface area contributed by atoms with Crippen molar-refractivity contribution >= 4 is 17.4 Å². The number of ketones is 1. The van der Waals surface area contributed by atoms with Crippen molar-refractivity contribution in [3.63, 3.8) is 0 Å². The summed E-state index contributed by atoms with van der Waals surface area (Å²) in [6, 6.07) is 10.3. The molecule has 1 unspecified atom stereocenters. The zero-order valence-electron chi connectivity index (χ0n) is 10.5. The van der Waals surface area contributed by atoms with Gasteiger partial charge < -0.3 is 0 Å². The lowest BCUT2D eigenvalue weighted by molar-refractivity contribution is -0.140. The molecule has 2 aromatic rings. The number of hydrogen-bond donors (Lipinski definition) is 0. The predicted molar refractivity (Wildman–Crippen MR) is 70.8 cm³/mol. The Hall–Kier alpha value is -1.88. The van der Waals surface area contributed by atoms with Crippen molar-refractivity contribution < 1.29 is 22.4 Å². The number of carbonyl (C=O) groups excluding carboxylic acids is 1. The quantitative estimate of drug-likeness (QED) is 0.442. The van der Waals surface area contributed by atoms with E-state index in [1.807, 2.05) is 0 Å². The Morgan fingerprint density at radius 2 is 1.67 bits per heavy atom. The van der Waals surface area contributed by atoms with E-state index in [1.54, 1.807) is 30.3 Å². The molecule has 2 rings (SSSR count). The molecule has 0 aliphatic rings. The standard InChI is InChI=1S/C15H9ClF4O/c16-13(9-4-2-1-3-5-9)14(21)10-6-7-12(17)11(8-10)15(18,19)20/h1-8,13H. The van der Waals surface area contributed by atoms with E-state index >= 15 is 0 Å². The molecule has 110 valence electrons. The molecule has 0 fully saturated rings. The Labute approximate surface area is 123 Å². The smallest absolute Gasteiger partial charge is 0.292 e. The number of carbonyl (C=O) groups is 1. The van der Waals surface area contributed by atoms with Crippen LogP contribution in [0.1, 0.15) is 26.9 Å². The molecule has 21 heavy (non-hydrogen) atoms. The number of halogens is 5. The summed E-state index contributed by atoms with van der Waals surface area (Å²) in [5, 5.41) is -1.13. The molecule has 2 aromatic carbocycles. The Morgan fingerprint density at radius 3 is 2.24 bits per heavy atom. The highest BCUT2D eigenvalue weighted by Crippen LogP contribution is 2.33. The molecule has 0 radical (unpaired) electrons. The highest BCUT2D eigenvalue weighted by Gasteiger charge is 2.35. The second-order valence-electron chi connectivity index (χ2n) is 4.33. The van der Waals surface area contributed by atoms with Gasteiger partial charge in [-0.15, -0.1) is 11.6 Å². The van der Waals surface area contributed by atoms with Gasteiger partial charge in [0.15, 0.2) is 5.78 Å². The minimum Gasteiger partial charge on any atom is -0.292 e. The van der Waals surface area contributed by atoms with Crippen molar-refractivity contribution in [2.24, 2.45) is 0 Å². The summed E-state index contributed by atoms with van der Waals surface area (Å²) in [4.78, 5) is 12.1. The van der Waals surface area contributed by atoms with Gasteiger partial charge in [0.05, 0.1) is 5.56 Å². The van der Waals surface area contributed by atoms with E-state index < -0.39 is 28.7 Å². The first-order chi connectivity index (χ1) is 9.80. The van der Waals surface area contributed by atoms with Gasteiger partial charge in [0.1, 0.15) is 11.2 Å². The Kier molecular flexibility index (Phi) is 4.32. The van der Waals surface area contributed by atoms with Gasteiger partial charge in [-0.25, -0.2) is 4.39 Å². The van der Waals surface area contributed by atoms with Gasteiger partial charge in [0, 0.05) is 5.56 Å². The summed E-state index contributed by atoms with van der Waals surface area (Å²) in [6.45, 7) is 0. The average molecular weight is 317 g/mol. The zero-order chi connectivity index (χ0) is 15.6. The summed E-state index contributed by atoms with van der Waals surface area (Å²) >= 11 is 5.97. The summed E-state index contributed by atoms with van der Waals surface area (Å²) < 4.78 is 51.1. The van der Waals surface area contributed by atoms with E-state index in [1.165, 1.54) is 0 Å². The van der Waals surface area contributed by atoms with Gasteiger partial charge in [-0.2, -0.15) is 13.2 Å². The maximum atomic E-state index is 13.2. The SMILES string of the molecule is O=C(c1ccc(F)c(C(F)(F)F)c1)C(Cl)c1ccccc1. The molecule has 0 N–H and O–H groups in total. The van der Waals surface area contributed by atoms with Gasteiger partial charge >= 0.3 is 6.18 Å². The first-order valence-corrected chi connectivity index (χ1v) is 6.34. The normalized spacial score (nSPS) is 13.0. The molecule has 6 heteroatoms. The first-order valence-electron chi connectivity index (χ1n) is 5.90. The molecule has 0 saturated heterocycles. The molecular weight excluding hydrogens is 308 g/mol. The van der Waals surface area contributed by atoms with Crippen LogP contribution in [0, 0.1) is 5.82 Å². The van der Waals surface area contributed by atoms with Gasteiger partial charge in [0.2, 0.25) is 0 Å². The predicted octanol–water partition coefficient (Wildman–Crippen LogP) is 5.01. The molecule has 0 amide bonds.